The second kappa shape index (κ2) is 11.3. The van der Waals surface area contributed by atoms with Gasteiger partial charge in [-0.1, -0.05) is 31.9 Å². The minimum Gasteiger partial charge on any atom is -0.455 e. The zero-order valence-corrected chi connectivity index (χ0v) is 17.4. The lowest BCUT2D eigenvalue weighted by atomic mass is 10.3. The van der Waals surface area contributed by atoms with Crippen LogP contribution in [0, 0.1) is 0 Å². The molecule has 0 saturated carbocycles. The van der Waals surface area contributed by atoms with Crippen molar-refractivity contribution in [3.05, 3.63) is 52.9 Å². The molecule has 2 rings (SSSR count). The van der Waals surface area contributed by atoms with Crippen molar-refractivity contribution in [1.29, 1.82) is 0 Å². The molecule has 0 aliphatic rings. The summed E-state index contributed by atoms with van der Waals surface area (Å²) in [6.07, 6.45) is 2.32. The number of carbonyl (C=O) groups excluding carboxylic acids is 1. The molecule has 2 aromatic rings. The Balaban J connectivity index is 1.82. The minimum atomic E-state index is -1.25. The first-order valence-electron chi connectivity index (χ1n) is 9.26. The summed E-state index contributed by atoms with van der Waals surface area (Å²) in [6, 6.07) is 10.2. The molecule has 148 valence electrons. The number of carbonyl (C=O) groups is 1. The normalized spacial score (nSPS) is 12.3. The lowest BCUT2D eigenvalue weighted by Gasteiger charge is -2.19. The third-order valence-corrected chi connectivity index (χ3v) is 5.82. The van der Waals surface area contributed by atoms with E-state index in [-0.39, 0.29) is 17.4 Å². The van der Waals surface area contributed by atoms with E-state index < -0.39 is 10.8 Å². The van der Waals surface area contributed by atoms with Crippen molar-refractivity contribution in [2.45, 2.75) is 37.3 Å². The number of likely N-dealkylation sites (N-methyl/N-ethyl adjacent to an activating group) is 1. The van der Waals surface area contributed by atoms with Gasteiger partial charge in [-0.25, -0.2) is 0 Å². The van der Waals surface area contributed by atoms with Gasteiger partial charge in [0.05, 0.1) is 16.6 Å². The Kier molecular flexibility index (Phi) is 9.04. The average molecular weight is 411 g/mol. The molecule has 0 aliphatic carbocycles. The van der Waals surface area contributed by atoms with Crippen LogP contribution < -0.4 is 5.32 Å². The van der Waals surface area contributed by atoms with E-state index >= 15 is 0 Å². The maximum Gasteiger partial charge on any atom is 0.287 e. The number of hydrogen-bond acceptors (Lipinski definition) is 4. The Labute approximate surface area is 168 Å². The van der Waals surface area contributed by atoms with Crippen LogP contribution in [0.3, 0.4) is 0 Å². The second-order valence-electron chi connectivity index (χ2n) is 6.25. The van der Waals surface area contributed by atoms with Gasteiger partial charge in [-0.15, -0.1) is 0 Å². The fraction of sp³-hybridized carbons (Fsp3) is 0.450. The molecule has 0 radical (unpaired) electrons. The number of hydrogen-bond donors (Lipinski definition) is 1. The fourth-order valence-electron chi connectivity index (χ4n) is 2.60. The van der Waals surface area contributed by atoms with Crippen molar-refractivity contribution in [3.8, 4) is 0 Å². The van der Waals surface area contributed by atoms with Gasteiger partial charge in [0.25, 0.3) is 5.91 Å². The highest BCUT2D eigenvalue weighted by Gasteiger charge is 2.14. The molecule has 1 aromatic heterocycles. The van der Waals surface area contributed by atoms with Crippen molar-refractivity contribution in [3.63, 3.8) is 0 Å². The monoisotopic (exact) mass is 410 g/mol. The summed E-state index contributed by atoms with van der Waals surface area (Å²) in [6.45, 7) is 7.70. The highest BCUT2D eigenvalue weighted by Crippen LogP contribution is 2.17. The maximum atomic E-state index is 12.4. The highest BCUT2D eigenvalue weighted by molar-refractivity contribution is 7.84. The first-order chi connectivity index (χ1) is 13.0. The molecule has 27 heavy (non-hydrogen) atoms. The molecular weight excluding hydrogens is 384 g/mol. The topological polar surface area (TPSA) is 62.6 Å². The number of rotatable bonds is 11. The second-order valence-corrected chi connectivity index (χ2v) is 8.14. The zero-order chi connectivity index (χ0) is 19.6. The molecule has 7 heteroatoms. The van der Waals surface area contributed by atoms with Crippen molar-refractivity contribution in [2.24, 2.45) is 0 Å². The van der Waals surface area contributed by atoms with Gasteiger partial charge in [0.2, 0.25) is 0 Å². The standard InChI is InChI=1S/C20H27ClN2O3S/c1-3-5-13-23(4-2)14-12-22-20(24)19-11-8-17(26-19)15-27(25)18-9-6-16(21)7-10-18/h6-11H,3-5,12-15H2,1-2H3,(H,22,24)/t27-/m1/s1. The Morgan fingerprint density at radius 2 is 1.89 bits per heavy atom. The number of unbranched alkanes of at least 4 members (excludes halogenated alkanes) is 1. The summed E-state index contributed by atoms with van der Waals surface area (Å²) in [5, 5.41) is 3.48. The number of nitrogens with one attached hydrogen (secondary N) is 1. The van der Waals surface area contributed by atoms with Crippen LogP contribution in [-0.4, -0.2) is 41.2 Å². The quantitative estimate of drug-likeness (QED) is 0.606. The summed E-state index contributed by atoms with van der Waals surface area (Å²) in [7, 11) is -1.25. The van der Waals surface area contributed by atoms with Crippen LogP contribution in [0.2, 0.25) is 5.02 Å². The van der Waals surface area contributed by atoms with E-state index in [1.54, 1.807) is 36.4 Å². The Hall–Kier alpha value is -1.63. The van der Waals surface area contributed by atoms with E-state index in [4.69, 9.17) is 16.0 Å². The predicted molar refractivity (Wildman–Crippen MR) is 110 cm³/mol. The van der Waals surface area contributed by atoms with E-state index in [2.05, 4.69) is 24.1 Å². The lowest BCUT2D eigenvalue weighted by Crippen LogP contribution is -2.35. The molecule has 0 fully saturated rings. The minimum absolute atomic E-state index is 0.218. The molecule has 0 saturated heterocycles. The Morgan fingerprint density at radius 1 is 1.15 bits per heavy atom. The van der Waals surface area contributed by atoms with Gasteiger partial charge in [0.1, 0.15) is 5.76 Å². The number of nitrogens with zero attached hydrogens (tertiary/aromatic N) is 1. The van der Waals surface area contributed by atoms with E-state index in [0.717, 1.165) is 32.5 Å². The first-order valence-corrected chi connectivity index (χ1v) is 11.0. The molecule has 1 atom stereocenters. The van der Waals surface area contributed by atoms with Gasteiger partial charge in [-0.05, 0) is 55.9 Å². The molecule has 0 aliphatic heterocycles. The van der Waals surface area contributed by atoms with Gasteiger partial charge in [0.15, 0.2) is 5.76 Å². The van der Waals surface area contributed by atoms with Crippen molar-refractivity contribution >= 4 is 28.3 Å². The van der Waals surface area contributed by atoms with E-state index in [1.807, 2.05) is 0 Å². The van der Waals surface area contributed by atoms with Crippen molar-refractivity contribution in [1.82, 2.24) is 10.2 Å². The van der Waals surface area contributed by atoms with Crippen LogP contribution in [0.25, 0.3) is 0 Å². The molecule has 0 unspecified atom stereocenters. The molecule has 1 amide bonds. The van der Waals surface area contributed by atoms with Crippen LogP contribution in [0.4, 0.5) is 0 Å². The van der Waals surface area contributed by atoms with Crippen LogP contribution >= 0.6 is 11.6 Å². The van der Waals surface area contributed by atoms with E-state index in [0.29, 0.717) is 22.2 Å². The number of benzene rings is 1. The molecule has 0 bridgehead atoms. The Morgan fingerprint density at radius 3 is 2.56 bits per heavy atom. The fourth-order valence-corrected chi connectivity index (χ4v) is 3.75. The number of furan rings is 1. The summed E-state index contributed by atoms with van der Waals surface area (Å²) < 4.78 is 17.9. The number of amides is 1. The summed E-state index contributed by atoms with van der Waals surface area (Å²) in [4.78, 5) is 15.2. The van der Waals surface area contributed by atoms with Gasteiger partial charge >= 0.3 is 0 Å². The highest BCUT2D eigenvalue weighted by atomic mass is 35.5. The van der Waals surface area contributed by atoms with Crippen LogP contribution in [0.5, 0.6) is 0 Å². The van der Waals surface area contributed by atoms with Gasteiger partial charge in [0, 0.05) is 23.0 Å². The van der Waals surface area contributed by atoms with Crippen LogP contribution in [0.1, 0.15) is 43.0 Å². The van der Waals surface area contributed by atoms with E-state index in [1.165, 1.54) is 0 Å². The summed E-state index contributed by atoms with van der Waals surface area (Å²) in [5.41, 5.74) is 0. The van der Waals surface area contributed by atoms with Gasteiger partial charge in [-0.3, -0.25) is 9.00 Å². The summed E-state index contributed by atoms with van der Waals surface area (Å²) >= 11 is 5.85. The van der Waals surface area contributed by atoms with Crippen LogP contribution in [-0.2, 0) is 16.6 Å². The largest absolute Gasteiger partial charge is 0.455 e. The molecule has 1 heterocycles. The zero-order valence-electron chi connectivity index (χ0n) is 15.9. The molecular formula is C20H27ClN2O3S. The van der Waals surface area contributed by atoms with Gasteiger partial charge < -0.3 is 14.6 Å². The average Bonchev–Trinajstić information content (AvgIpc) is 3.13. The van der Waals surface area contributed by atoms with Crippen LogP contribution in [0.15, 0.2) is 45.7 Å². The SMILES string of the molecule is CCCCN(CC)CCNC(=O)c1ccc(C[S@@](=O)c2ccc(Cl)cc2)o1. The smallest absolute Gasteiger partial charge is 0.287 e. The Bertz CT molecular complexity index is 746. The van der Waals surface area contributed by atoms with Crippen molar-refractivity contribution in [2.75, 3.05) is 26.2 Å². The maximum absolute atomic E-state index is 12.4. The number of halogens is 1. The van der Waals surface area contributed by atoms with E-state index in [9.17, 15) is 9.00 Å². The molecule has 1 N–H and O–H groups in total. The molecule has 5 nitrogen and oxygen atoms in total. The molecule has 0 spiro atoms. The molecule has 1 aromatic carbocycles. The van der Waals surface area contributed by atoms with Crippen molar-refractivity contribution < 1.29 is 13.4 Å². The third kappa shape index (κ3) is 7.13. The van der Waals surface area contributed by atoms with Gasteiger partial charge in [-0.2, -0.15) is 0 Å². The predicted octanol–water partition coefficient (Wildman–Crippen LogP) is 4.09. The first kappa shape index (κ1) is 21.7. The third-order valence-electron chi connectivity index (χ3n) is 4.22. The lowest BCUT2D eigenvalue weighted by molar-refractivity contribution is 0.0919. The summed E-state index contributed by atoms with van der Waals surface area (Å²) in [5.74, 6) is 0.738.